The molecule has 2 bridgehead atoms. The third-order valence-electron chi connectivity index (χ3n) is 5.22. The fourth-order valence-corrected chi connectivity index (χ4v) is 3.79. The fraction of sp³-hybridized carbons (Fsp3) is 0.647. The predicted molar refractivity (Wildman–Crippen MR) is 81.6 cm³/mol. The van der Waals surface area contributed by atoms with Gasteiger partial charge in [0.2, 0.25) is 0 Å². The van der Waals surface area contributed by atoms with Gasteiger partial charge in [0.05, 0.1) is 6.10 Å². The van der Waals surface area contributed by atoms with Gasteiger partial charge in [0.25, 0.3) is 0 Å². The van der Waals surface area contributed by atoms with Crippen LogP contribution in [0.15, 0.2) is 24.3 Å². The Morgan fingerprint density at radius 3 is 2.81 bits per heavy atom. The number of aliphatic hydroxyl groups excluding tert-OH is 1. The van der Waals surface area contributed by atoms with E-state index in [2.05, 4.69) is 16.8 Å². The first kappa shape index (κ1) is 14.9. The molecule has 1 N–H and O–H groups in total. The third-order valence-corrected chi connectivity index (χ3v) is 5.22. The minimum atomic E-state index is -0.704. The summed E-state index contributed by atoms with van der Waals surface area (Å²) < 4.78 is 13.7. The molecule has 2 heterocycles. The summed E-state index contributed by atoms with van der Waals surface area (Å²) in [6.45, 7) is 3.01. The average molecular weight is 292 g/mol. The molecule has 0 amide bonds. The standard InChI is InChI=1S/C17H25FN2O/c1-19-13-6-7-14(19)12-20(10-8-13)11-9-17(21)15-4-2-3-5-16(15)18/h2-5,13-14,17,21H,6-12H2,1H3. The summed E-state index contributed by atoms with van der Waals surface area (Å²) in [5, 5.41) is 10.2. The topological polar surface area (TPSA) is 26.7 Å². The zero-order valence-corrected chi connectivity index (χ0v) is 12.7. The van der Waals surface area contributed by atoms with Gasteiger partial charge in [-0.05, 0) is 45.3 Å². The molecule has 0 aromatic heterocycles. The van der Waals surface area contributed by atoms with Gasteiger partial charge in [-0.2, -0.15) is 0 Å². The van der Waals surface area contributed by atoms with Crippen molar-refractivity contribution < 1.29 is 9.50 Å². The first-order valence-electron chi connectivity index (χ1n) is 8.02. The molecule has 2 fully saturated rings. The number of likely N-dealkylation sites (N-methyl/N-ethyl adjacent to an activating group) is 1. The van der Waals surface area contributed by atoms with Crippen molar-refractivity contribution in [2.45, 2.75) is 43.9 Å². The molecule has 3 atom stereocenters. The van der Waals surface area contributed by atoms with Crippen molar-refractivity contribution in [1.82, 2.24) is 9.80 Å². The summed E-state index contributed by atoms with van der Waals surface area (Å²) in [4.78, 5) is 4.96. The molecular formula is C17H25FN2O. The molecule has 2 saturated heterocycles. The SMILES string of the molecule is CN1C2CCC1CN(CCC(O)c1ccccc1F)CC2. The summed E-state index contributed by atoms with van der Waals surface area (Å²) in [5.41, 5.74) is 0.422. The van der Waals surface area contributed by atoms with E-state index < -0.39 is 6.10 Å². The summed E-state index contributed by atoms with van der Waals surface area (Å²) in [5.74, 6) is -0.306. The molecule has 0 saturated carbocycles. The summed E-state index contributed by atoms with van der Waals surface area (Å²) in [6.07, 6.45) is 3.72. The van der Waals surface area contributed by atoms with Crippen LogP contribution in [0.1, 0.15) is 37.4 Å². The Balaban J connectivity index is 1.54. The van der Waals surface area contributed by atoms with Crippen molar-refractivity contribution in [3.63, 3.8) is 0 Å². The molecule has 0 spiro atoms. The van der Waals surface area contributed by atoms with Crippen LogP contribution in [0.5, 0.6) is 0 Å². The van der Waals surface area contributed by atoms with E-state index in [0.717, 1.165) is 25.7 Å². The van der Waals surface area contributed by atoms with E-state index in [1.54, 1.807) is 18.2 Å². The van der Waals surface area contributed by atoms with Gasteiger partial charge < -0.3 is 10.0 Å². The number of fused-ring (bicyclic) bond motifs is 2. The highest BCUT2D eigenvalue weighted by atomic mass is 19.1. The lowest BCUT2D eigenvalue weighted by atomic mass is 10.0. The van der Waals surface area contributed by atoms with E-state index in [4.69, 9.17) is 0 Å². The first-order valence-corrected chi connectivity index (χ1v) is 8.02. The lowest BCUT2D eigenvalue weighted by molar-refractivity contribution is 0.134. The Kier molecular flexibility index (Phi) is 4.57. The van der Waals surface area contributed by atoms with E-state index >= 15 is 0 Å². The van der Waals surface area contributed by atoms with E-state index in [0.29, 0.717) is 18.0 Å². The number of nitrogens with zero attached hydrogens (tertiary/aromatic N) is 2. The number of likely N-dealkylation sites (tertiary alicyclic amines) is 1. The predicted octanol–water partition coefficient (Wildman–Crippen LogP) is 2.42. The smallest absolute Gasteiger partial charge is 0.128 e. The molecule has 116 valence electrons. The van der Waals surface area contributed by atoms with Gasteiger partial charge in [-0.3, -0.25) is 4.90 Å². The second kappa shape index (κ2) is 6.42. The number of benzene rings is 1. The molecule has 0 aliphatic carbocycles. The molecule has 1 aromatic rings. The molecule has 21 heavy (non-hydrogen) atoms. The maximum atomic E-state index is 13.7. The van der Waals surface area contributed by atoms with Crippen LogP contribution in [0, 0.1) is 5.82 Å². The quantitative estimate of drug-likeness (QED) is 0.923. The van der Waals surface area contributed by atoms with Gasteiger partial charge in [-0.1, -0.05) is 18.2 Å². The highest BCUT2D eigenvalue weighted by molar-refractivity contribution is 5.19. The summed E-state index contributed by atoms with van der Waals surface area (Å²) in [7, 11) is 2.24. The summed E-state index contributed by atoms with van der Waals surface area (Å²) >= 11 is 0. The lowest BCUT2D eigenvalue weighted by Crippen LogP contribution is -2.37. The molecule has 1 aromatic carbocycles. The van der Waals surface area contributed by atoms with Gasteiger partial charge in [-0.25, -0.2) is 4.39 Å². The van der Waals surface area contributed by atoms with Crippen molar-refractivity contribution in [2.24, 2.45) is 0 Å². The van der Waals surface area contributed by atoms with Gasteiger partial charge in [0, 0.05) is 30.7 Å². The number of hydrogen-bond donors (Lipinski definition) is 1. The van der Waals surface area contributed by atoms with Crippen molar-refractivity contribution in [3.8, 4) is 0 Å². The van der Waals surface area contributed by atoms with Gasteiger partial charge in [0.1, 0.15) is 5.82 Å². The maximum Gasteiger partial charge on any atom is 0.128 e. The minimum Gasteiger partial charge on any atom is -0.388 e. The molecule has 3 nitrogen and oxygen atoms in total. The second-order valence-corrected chi connectivity index (χ2v) is 6.47. The molecule has 2 aliphatic rings. The highest BCUT2D eigenvalue weighted by Gasteiger charge is 2.34. The van der Waals surface area contributed by atoms with Crippen LogP contribution < -0.4 is 0 Å². The van der Waals surface area contributed by atoms with Crippen LogP contribution in [-0.2, 0) is 0 Å². The third kappa shape index (κ3) is 3.28. The molecule has 3 rings (SSSR count). The lowest BCUT2D eigenvalue weighted by Gasteiger charge is -2.26. The Morgan fingerprint density at radius 2 is 2.00 bits per heavy atom. The average Bonchev–Trinajstić information content (AvgIpc) is 2.72. The molecule has 0 radical (unpaired) electrons. The zero-order chi connectivity index (χ0) is 14.8. The van der Waals surface area contributed by atoms with Crippen molar-refractivity contribution in [3.05, 3.63) is 35.6 Å². The molecular weight excluding hydrogens is 267 g/mol. The van der Waals surface area contributed by atoms with E-state index in [-0.39, 0.29) is 5.82 Å². The van der Waals surface area contributed by atoms with Crippen LogP contribution in [0.25, 0.3) is 0 Å². The van der Waals surface area contributed by atoms with Crippen molar-refractivity contribution >= 4 is 0 Å². The Labute approximate surface area is 126 Å². The van der Waals surface area contributed by atoms with Crippen LogP contribution in [0.4, 0.5) is 4.39 Å². The fourth-order valence-electron chi connectivity index (χ4n) is 3.79. The molecule has 2 aliphatic heterocycles. The highest BCUT2D eigenvalue weighted by Crippen LogP contribution is 2.29. The largest absolute Gasteiger partial charge is 0.388 e. The van der Waals surface area contributed by atoms with E-state index in [1.807, 2.05) is 0 Å². The number of aliphatic hydroxyl groups is 1. The van der Waals surface area contributed by atoms with Crippen LogP contribution in [-0.4, -0.2) is 53.7 Å². The number of halogens is 1. The first-order chi connectivity index (χ1) is 10.1. The normalized spacial score (nSPS) is 28.5. The second-order valence-electron chi connectivity index (χ2n) is 6.47. The van der Waals surface area contributed by atoms with Crippen LogP contribution in [0.3, 0.4) is 0 Å². The maximum absolute atomic E-state index is 13.7. The van der Waals surface area contributed by atoms with Gasteiger partial charge in [0.15, 0.2) is 0 Å². The summed E-state index contributed by atoms with van der Waals surface area (Å²) in [6, 6.07) is 7.92. The van der Waals surface area contributed by atoms with Crippen LogP contribution >= 0.6 is 0 Å². The van der Waals surface area contributed by atoms with Crippen molar-refractivity contribution in [2.75, 3.05) is 26.7 Å². The Bertz CT molecular complexity index is 482. The monoisotopic (exact) mass is 292 g/mol. The molecule has 3 unspecified atom stereocenters. The number of hydrogen-bond acceptors (Lipinski definition) is 3. The van der Waals surface area contributed by atoms with E-state index in [1.165, 1.54) is 25.3 Å². The molecule has 4 heteroatoms. The van der Waals surface area contributed by atoms with Gasteiger partial charge >= 0.3 is 0 Å². The Morgan fingerprint density at radius 1 is 1.24 bits per heavy atom. The van der Waals surface area contributed by atoms with Crippen molar-refractivity contribution in [1.29, 1.82) is 0 Å². The van der Waals surface area contributed by atoms with Gasteiger partial charge in [-0.15, -0.1) is 0 Å². The van der Waals surface area contributed by atoms with Crippen LogP contribution in [0.2, 0.25) is 0 Å². The zero-order valence-electron chi connectivity index (χ0n) is 12.7. The Hall–Kier alpha value is -0.970. The number of rotatable bonds is 4. The van der Waals surface area contributed by atoms with E-state index in [9.17, 15) is 9.50 Å². The minimum absolute atomic E-state index is 0.306.